The van der Waals surface area contributed by atoms with Crippen LogP contribution in [-0.2, 0) is 14.0 Å². The summed E-state index contributed by atoms with van der Waals surface area (Å²) in [5.74, 6) is -0.291. The molecule has 0 saturated heterocycles. The molecule has 0 aliphatic rings. The zero-order valence-corrected chi connectivity index (χ0v) is 12.7. The summed E-state index contributed by atoms with van der Waals surface area (Å²) < 4.78 is 11.0. The highest BCUT2D eigenvalue weighted by molar-refractivity contribution is 6.72. The van der Waals surface area contributed by atoms with Crippen molar-refractivity contribution in [3.05, 3.63) is 12.2 Å². The third-order valence-electron chi connectivity index (χ3n) is 2.70. The van der Waals surface area contributed by atoms with Crippen molar-refractivity contribution in [3.63, 3.8) is 0 Å². The molecule has 0 rings (SSSR count). The molecule has 0 spiro atoms. The average Bonchev–Trinajstić information content (AvgIpc) is 2.24. The van der Waals surface area contributed by atoms with Crippen LogP contribution in [0.15, 0.2) is 12.2 Å². The zero-order valence-electron chi connectivity index (χ0n) is 11.7. The molecule has 0 aliphatic carbocycles. The van der Waals surface area contributed by atoms with Crippen molar-refractivity contribution in [2.45, 2.75) is 52.2 Å². The number of rotatable bonds is 9. The first-order valence-electron chi connectivity index (χ1n) is 6.41. The lowest BCUT2D eigenvalue weighted by Crippen LogP contribution is -2.34. The molecule has 0 bridgehead atoms. The molecular weight excluding hydrogens is 232 g/mol. The summed E-state index contributed by atoms with van der Waals surface area (Å²) in [6, 6.07) is 2.23. The summed E-state index contributed by atoms with van der Waals surface area (Å²) in [4.78, 5) is 11.2. The van der Waals surface area contributed by atoms with E-state index in [1.165, 1.54) is 6.04 Å². The molecule has 0 aromatic rings. The lowest BCUT2D eigenvalue weighted by Gasteiger charge is -2.26. The first kappa shape index (κ1) is 16.4. The van der Waals surface area contributed by atoms with Crippen molar-refractivity contribution < 1.29 is 14.0 Å². The third-order valence-corrected chi connectivity index (χ3v) is 6.66. The van der Waals surface area contributed by atoms with Crippen LogP contribution in [-0.4, -0.2) is 27.5 Å². The van der Waals surface area contributed by atoms with Gasteiger partial charge in [0.15, 0.2) is 8.32 Å². The van der Waals surface area contributed by atoms with Gasteiger partial charge in [0.2, 0.25) is 0 Å². The number of carbonyl (C=O) groups is 1. The Morgan fingerprint density at radius 2 is 1.94 bits per heavy atom. The highest BCUT2D eigenvalue weighted by atomic mass is 28.4. The molecule has 0 radical (unpaired) electrons. The maximum atomic E-state index is 11.2. The topological polar surface area (TPSA) is 35.5 Å². The summed E-state index contributed by atoms with van der Waals surface area (Å²) in [5, 5.41) is 0. The fraction of sp³-hybridized carbons (Fsp3) is 0.769. The SMILES string of the molecule is C=C(C)C(=O)OCCC[Si](C)(CCC)OCC. The minimum atomic E-state index is -1.56. The van der Waals surface area contributed by atoms with Gasteiger partial charge in [-0.15, -0.1) is 0 Å². The number of hydrogen-bond acceptors (Lipinski definition) is 3. The van der Waals surface area contributed by atoms with Gasteiger partial charge in [0.05, 0.1) is 6.61 Å². The van der Waals surface area contributed by atoms with Gasteiger partial charge in [0.25, 0.3) is 0 Å². The largest absolute Gasteiger partial charge is 0.462 e. The van der Waals surface area contributed by atoms with Crippen LogP contribution in [0.2, 0.25) is 18.6 Å². The summed E-state index contributed by atoms with van der Waals surface area (Å²) in [6.07, 6.45) is 2.05. The minimum Gasteiger partial charge on any atom is -0.462 e. The molecule has 0 saturated carbocycles. The summed E-state index contributed by atoms with van der Waals surface area (Å²) >= 11 is 0. The highest BCUT2D eigenvalue weighted by Gasteiger charge is 2.26. The minimum absolute atomic E-state index is 0.291. The second kappa shape index (κ2) is 8.47. The second-order valence-electron chi connectivity index (χ2n) is 4.65. The molecule has 0 aromatic carbocycles. The number of carbonyl (C=O) groups excluding carboxylic acids is 1. The number of ether oxygens (including phenoxy) is 1. The van der Waals surface area contributed by atoms with Gasteiger partial charge < -0.3 is 9.16 Å². The lowest BCUT2D eigenvalue weighted by molar-refractivity contribution is -0.138. The van der Waals surface area contributed by atoms with Crippen molar-refractivity contribution in [1.29, 1.82) is 0 Å². The van der Waals surface area contributed by atoms with Gasteiger partial charge >= 0.3 is 5.97 Å². The van der Waals surface area contributed by atoms with E-state index in [1.807, 2.05) is 6.92 Å². The Hall–Kier alpha value is -0.613. The average molecular weight is 258 g/mol. The van der Waals surface area contributed by atoms with Crippen molar-refractivity contribution in [3.8, 4) is 0 Å². The van der Waals surface area contributed by atoms with E-state index in [-0.39, 0.29) is 5.97 Å². The second-order valence-corrected chi connectivity index (χ2v) is 8.84. The maximum absolute atomic E-state index is 11.2. The van der Waals surface area contributed by atoms with Crippen LogP contribution in [0.5, 0.6) is 0 Å². The highest BCUT2D eigenvalue weighted by Crippen LogP contribution is 2.21. The quantitative estimate of drug-likeness (QED) is 0.275. The van der Waals surface area contributed by atoms with E-state index >= 15 is 0 Å². The molecule has 17 heavy (non-hydrogen) atoms. The standard InChI is InChI=1S/C13H26O3Si/c1-6-10-17(5,16-7-2)11-8-9-15-13(14)12(3)4/h3,6-11H2,1-2,4-5H3. The van der Waals surface area contributed by atoms with E-state index in [9.17, 15) is 4.79 Å². The Kier molecular flexibility index (Phi) is 8.17. The molecule has 1 unspecified atom stereocenters. The number of esters is 1. The first-order chi connectivity index (χ1) is 7.95. The van der Waals surface area contributed by atoms with Crippen LogP contribution in [0.1, 0.15) is 33.6 Å². The molecule has 0 N–H and O–H groups in total. The molecule has 4 heteroatoms. The lowest BCUT2D eigenvalue weighted by atomic mass is 10.4. The summed E-state index contributed by atoms with van der Waals surface area (Å²) in [7, 11) is -1.56. The zero-order chi connectivity index (χ0) is 13.3. The van der Waals surface area contributed by atoms with Crippen LogP contribution in [0.4, 0.5) is 0 Å². The molecule has 0 heterocycles. The van der Waals surface area contributed by atoms with Gasteiger partial charge in [-0.05, 0) is 38.9 Å². The fourth-order valence-electron chi connectivity index (χ4n) is 1.88. The van der Waals surface area contributed by atoms with Crippen LogP contribution < -0.4 is 0 Å². The Balaban J connectivity index is 3.90. The number of hydrogen-bond donors (Lipinski definition) is 0. The van der Waals surface area contributed by atoms with E-state index in [0.717, 1.165) is 25.5 Å². The molecule has 1 atom stereocenters. The fourth-order valence-corrected chi connectivity index (χ4v) is 5.07. The van der Waals surface area contributed by atoms with Crippen molar-refractivity contribution in [2.75, 3.05) is 13.2 Å². The van der Waals surface area contributed by atoms with Gasteiger partial charge in [-0.25, -0.2) is 4.79 Å². The summed E-state index contributed by atoms with van der Waals surface area (Å²) in [6.45, 7) is 13.0. The Morgan fingerprint density at radius 1 is 1.29 bits per heavy atom. The molecule has 0 fully saturated rings. The smallest absolute Gasteiger partial charge is 0.333 e. The van der Waals surface area contributed by atoms with E-state index in [4.69, 9.17) is 9.16 Å². The van der Waals surface area contributed by atoms with E-state index in [0.29, 0.717) is 12.2 Å². The van der Waals surface area contributed by atoms with Crippen LogP contribution >= 0.6 is 0 Å². The predicted octanol–water partition coefficient (Wildman–Crippen LogP) is 3.52. The van der Waals surface area contributed by atoms with Gasteiger partial charge in [0.1, 0.15) is 0 Å². The van der Waals surface area contributed by atoms with Crippen molar-refractivity contribution >= 4 is 14.3 Å². The molecular formula is C13H26O3Si. The van der Waals surface area contributed by atoms with Crippen molar-refractivity contribution in [2.24, 2.45) is 0 Å². The molecule has 0 aromatic heterocycles. The van der Waals surface area contributed by atoms with E-state index < -0.39 is 8.32 Å². The molecule has 100 valence electrons. The van der Waals surface area contributed by atoms with Crippen LogP contribution in [0.25, 0.3) is 0 Å². The normalized spacial score (nSPS) is 14.1. The Bertz CT molecular complexity index is 245. The Labute approximate surface area is 106 Å². The van der Waals surface area contributed by atoms with Crippen molar-refractivity contribution in [1.82, 2.24) is 0 Å². The predicted molar refractivity (Wildman–Crippen MR) is 73.5 cm³/mol. The van der Waals surface area contributed by atoms with Gasteiger partial charge in [-0.1, -0.05) is 19.9 Å². The van der Waals surface area contributed by atoms with Gasteiger partial charge in [0, 0.05) is 12.2 Å². The molecule has 3 nitrogen and oxygen atoms in total. The molecule has 0 aliphatic heterocycles. The van der Waals surface area contributed by atoms with Crippen LogP contribution in [0, 0.1) is 0 Å². The summed E-state index contributed by atoms with van der Waals surface area (Å²) in [5.41, 5.74) is 0.461. The van der Waals surface area contributed by atoms with Crippen LogP contribution in [0.3, 0.4) is 0 Å². The third kappa shape index (κ3) is 7.34. The van der Waals surface area contributed by atoms with E-state index in [1.54, 1.807) is 6.92 Å². The Morgan fingerprint density at radius 3 is 2.41 bits per heavy atom. The van der Waals surface area contributed by atoms with E-state index in [2.05, 4.69) is 20.0 Å². The first-order valence-corrected chi connectivity index (χ1v) is 9.24. The maximum Gasteiger partial charge on any atom is 0.333 e. The molecule has 0 amide bonds. The van der Waals surface area contributed by atoms with Gasteiger partial charge in [-0.3, -0.25) is 0 Å². The van der Waals surface area contributed by atoms with Gasteiger partial charge in [-0.2, -0.15) is 0 Å². The monoisotopic (exact) mass is 258 g/mol.